The molecule has 0 bridgehead atoms. The SMILES string of the molecule is CCC(NC(=O)CN(c1cc(OC)ccc1OC)S(=O)(=O)c1ccc(C)cc1)c1ccccc1. The Bertz CT molecular complexity index is 1210. The molecule has 1 amide bonds. The Morgan fingerprint density at radius 1 is 0.971 bits per heavy atom. The van der Waals surface area contributed by atoms with E-state index in [1.54, 1.807) is 30.3 Å². The highest BCUT2D eigenvalue weighted by Gasteiger charge is 2.30. The molecule has 0 aliphatic carbocycles. The van der Waals surface area contributed by atoms with E-state index in [9.17, 15) is 13.2 Å². The first-order chi connectivity index (χ1) is 16.3. The zero-order valence-corrected chi connectivity index (χ0v) is 20.6. The topological polar surface area (TPSA) is 84.9 Å². The molecular formula is C26H30N2O5S. The number of hydrogen-bond donors (Lipinski definition) is 1. The van der Waals surface area contributed by atoms with Crippen LogP contribution in [0.4, 0.5) is 5.69 Å². The second-order valence-corrected chi connectivity index (χ2v) is 9.66. The number of hydrogen-bond acceptors (Lipinski definition) is 5. The van der Waals surface area contributed by atoms with Gasteiger partial charge in [-0.1, -0.05) is 55.0 Å². The van der Waals surface area contributed by atoms with Gasteiger partial charge in [-0.15, -0.1) is 0 Å². The largest absolute Gasteiger partial charge is 0.497 e. The van der Waals surface area contributed by atoms with Crippen LogP contribution >= 0.6 is 0 Å². The number of ether oxygens (including phenoxy) is 2. The van der Waals surface area contributed by atoms with Gasteiger partial charge in [-0.2, -0.15) is 0 Å². The minimum atomic E-state index is -4.09. The van der Waals surface area contributed by atoms with E-state index < -0.39 is 22.5 Å². The summed E-state index contributed by atoms with van der Waals surface area (Å²) < 4.78 is 39.2. The van der Waals surface area contributed by atoms with Crippen molar-refractivity contribution >= 4 is 21.6 Å². The van der Waals surface area contributed by atoms with Gasteiger partial charge < -0.3 is 14.8 Å². The Labute approximate surface area is 201 Å². The van der Waals surface area contributed by atoms with Crippen LogP contribution in [0.3, 0.4) is 0 Å². The van der Waals surface area contributed by atoms with Gasteiger partial charge in [0.05, 0.1) is 30.8 Å². The van der Waals surface area contributed by atoms with Crippen molar-refractivity contribution in [2.24, 2.45) is 0 Å². The number of methoxy groups -OCH3 is 2. The molecule has 1 N–H and O–H groups in total. The molecule has 180 valence electrons. The summed E-state index contributed by atoms with van der Waals surface area (Å²) >= 11 is 0. The molecule has 0 saturated heterocycles. The lowest BCUT2D eigenvalue weighted by atomic mass is 10.0. The molecule has 0 heterocycles. The Morgan fingerprint density at radius 2 is 1.65 bits per heavy atom. The van der Waals surface area contributed by atoms with Gasteiger partial charge in [0.1, 0.15) is 18.0 Å². The molecule has 0 fully saturated rings. The Morgan fingerprint density at radius 3 is 2.24 bits per heavy atom. The number of benzene rings is 3. The van der Waals surface area contributed by atoms with Crippen molar-refractivity contribution in [1.82, 2.24) is 5.32 Å². The van der Waals surface area contributed by atoms with Crippen molar-refractivity contribution in [2.75, 3.05) is 25.1 Å². The van der Waals surface area contributed by atoms with Crippen LogP contribution in [0.25, 0.3) is 0 Å². The van der Waals surface area contributed by atoms with E-state index >= 15 is 0 Å². The van der Waals surface area contributed by atoms with Gasteiger partial charge in [0.25, 0.3) is 10.0 Å². The highest BCUT2D eigenvalue weighted by atomic mass is 32.2. The van der Waals surface area contributed by atoms with Crippen LogP contribution in [-0.4, -0.2) is 35.1 Å². The van der Waals surface area contributed by atoms with Gasteiger partial charge >= 0.3 is 0 Å². The highest BCUT2D eigenvalue weighted by molar-refractivity contribution is 7.92. The lowest BCUT2D eigenvalue weighted by Gasteiger charge is -2.27. The van der Waals surface area contributed by atoms with E-state index in [4.69, 9.17) is 9.47 Å². The maximum absolute atomic E-state index is 13.7. The molecule has 3 rings (SSSR count). The predicted octanol–water partition coefficient (Wildman–Crippen LogP) is 4.48. The van der Waals surface area contributed by atoms with Crippen molar-refractivity contribution in [3.63, 3.8) is 0 Å². The molecule has 3 aromatic carbocycles. The third kappa shape index (κ3) is 5.69. The average Bonchev–Trinajstić information content (AvgIpc) is 2.86. The van der Waals surface area contributed by atoms with Gasteiger partial charge in [-0.05, 0) is 43.2 Å². The van der Waals surface area contributed by atoms with Crippen LogP contribution in [0.5, 0.6) is 11.5 Å². The molecule has 1 unspecified atom stereocenters. The van der Waals surface area contributed by atoms with Gasteiger partial charge in [-0.3, -0.25) is 9.10 Å². The minimum absolute atomic E-state index is 0.0749. The molecule has 7 nitrogen and oxygen atoms in total. The maximum atomic E-state index is 13.7. The molecule has 34 heavy (non-hydrogen) atoms. The van der Waals surface area contributed by atoms with Gasteiger partial charge in [0, 0.05) is 6.07 Å². The number of sulfonamides is 1. The average molecular weight is 483 g/mol. The number of rotatable bonds is 10. The number of aryl methyl sites for hydroxylation is 1. The van der Waals surface area contributed by atoms with Gasteiger partial charge in [0.2, 0.25) is 5.91 Å². The molecule has 0 aromatic heterocycles. The van der Waals surface area contributed by atoms with E-state index in [0.29, 0.717) is 17.9 Å². The van der Waals surface area contributed by atoms with Crippen molar-refractivity contribution in [1.29, 1.82) is 0 Å². The second kappa shape index (κ2) is 11.1. The normalized spacial score (nSPS) is 12.0. The van der Waals surface area contributed by atoms with Crippen LogP contribution in [0, 0.1) is 6.92 Å². The zero-order chi connectivity index (χ0) is 24.7. The third-order valence-corrected chi connectivity index (χ3v) is 7.27. The lowest BCUT2D eigenvalue weighted by molar-refractivity contribution is -0.120. The van der Waals surface area contributed by atoms with E-state index in [2.05, 4.69) is 5.32 Å². The number of carbonyl (C=O) groups is 1. The zero-order valence-electron chi connectivity index (χ0n) is 19.8. The predicted molar refractivity (Wildman–Crippen MR) is 133 cm³/mol. The summed E-state index contributed by atoms with van der Waals surface area (Å²) in [6.45, 7) is 3.41. The van der Waals surface area contributed by atoms with Crippen molar-refractivity contribution < 1.29 is 22.7 Å². The summed E-state index contributed by atoms with van der Waals surface area (Å²) in [6.07, 6.45) is 0.656. The number of nitrogens with one attached hydrogen (secondary N) is 1. The first-order valence-corrected chi connectivity index (χ1v) is 12.4. The molecule has 0 spiro atoms. The fourth-order valence-corrected chi connectivity index (χ4v) is 5.03. The van der Waals surface area contributed by atoms with E-state index in [1.807, 2.05) is 44.2 Å². The summed E-state index contributed by atoms with van der Waals surface area (Å²) in [5.74, 6) is 0.312. The summed E-state index contributed by atoms with van der Waals surface area (Å²) in [6, 6.07) is 20.7. The number of anilines is 1. The second-order valence-electron chi connectivity index (χ2n) is 7.80. The lowest BCUT2D eigenvalue weighted by Crippen LogP contribution is -2.42. The molecular weight excluding hydrogens is 452 g/mol. The van der Waals surface area contributed by atoms with Crippen LogP contribution in [0.15, 0.2) is 77.7 Å². The first-order valence-electron chi connectivity index (χ1n) is 11.0. The first kappa shape index (κ1) is 25.1. The fourth-order valence-electron chi connectivity index (χ4n) is 3.61. The molecule has 0 aliphatic rings. The molecule has 0 saturated carbocycles. The summed E-state index contributed by atoms with van der Waals surface area (Å²) in [4.78, 5) is 13.2. The molecule has 8 heteroatoms. The quantitative estimate of drug-likeness (QED) is 0.461. The number of nitrogens with zero attached hydrogens (tertiary/aromatic N) is 1. The Balaban J connectivity index is 2.02. The fraction of sp³-hybridized carbons (Fsp3) is 0.269. The van der Waals surface area contributed by atoms with Crippen molar-refractivity contribution in [3.05, 3.63) is 83.9 Å². The third-order valence-electron chi connectivity index (χ3n) is 5.50. The van der Waals surface area contributed by atoms with E-state index in [-0.39, 0.29) is 16.6 Å². The van der Waals surface area contributed by atoms with Crippen LogP contribution in [0.2, 0.25) is 0 Å². The van der Waals surface area contributed by atoms with Crippen molar-refractivity contribution in [3.8, 4) is 11.5 Å². The molecule has 3 aromatic rings. The Kier molecular flexibility index (Phi) is 8.17. The summed E-state index contributed by atoms with van der Waals surface area (Å²) in [7, 11) is -1.16. The monoisotopic (exact) mass is 482 g/mol. The molecule has 1 atom stereocenters. The standard InChI is InChI=1S/C26H30N2O5S/c1-5-23(20-9-7-6-8-10-20)27-26(29)18-28(24-17-21(32-3)13-16-25(24)33-4)34(30,31)22-14-11-19(2)12-15-22/h6-17,23H,5,18H2,1-4H3,(H,27,29). The maximum Gasteiger partial charge on any atom is 0.264 e. The van der Waals surface area contributed by atoms with Crippen LogP contribution < -0.4 is 19.1 Å². The molecule has 0 radical (unpaired) electrons. The van der Waals surface area contributed by atoms with Gasteiger partial charge in [-0.25, -0.2) is 8.42 Å². The van der Waals surface area contributed by atoms with Crippen molar-refractivity contribution in [2.45, 2.75) is 31.2 Å². The van der Waals surface area contributed by atoms with Crippen LogP contribution in [0.1, 0.15) is 30.5 Å². The van der Waals surface area contributed by atoms with Gasteiger partial charge in [0.15, 0.2) is 0 Å². The van der Waals surface area contributed by atoms with Crippen LogP contribution in [-0.2, 0) is 14.8 Å². The number of carbonyl (C=O) groups excluding carboxylic acids is 1. The molecule has 0 aliphatic heterocycles. The Hall–Kier alpha value is -3.52. The van der Waals surface area contributed by atoms with E-state index in [0.717, 1.165) is 15.4 Å². The minimum Gasteiger partial charge on any atom is -0.497 e. The smallest absolute Gasteiger partial charge is 0.264 e. The summed E-state index contributed by atoms with van der Waals surface area (Å²) in [5.41, 5.74) is 2.09. The van der Waals surface area contributed by atoms with E-state index in [1.165, 1.54) is 26.4 Å². The summed E-state index contributed by atoms with van der Waals surface area (Å²) in [5, 5.41) is 2.96. The highest BCUT2D eigenvalue weighted by Crippen LogP contribution is 2.35. The number of amides is 1.